The van der Waals surface area contributed by atoms with Crippen LogP contribution in [0.4, 0.5) is 0 Å². The first-order valence-electron chi connectivity index (χ1n) is 9.18. The number of hydrogen-bond acceptors (Lipinski definition) is 4. The summed E-state index contributed by atoms with van der Waals surface area (Å²) in [6, 6.07) is 18.3. The zero-order valence-corrected chi connectivity index (χ0v) is 16.0. The van der Waals surface area contributed by atoms with Gasteiger partial charge in [-0.15, -0.1) is 6.58 Å². The van der Waals surface area contributed by atoms with Crippen LogP contribution in [0.15, 0.2) is 79.4 Å². The van der Waals surface area contributed by atoms with Crippen molar-refractivity contribution in [3.63, 3.8) is 0 Å². The Bertz CT molecular complexity index is 952. The SMILES string of the molecule is C=CCOCC(COc1c2ccccc2cc2ccccc12)OC(=O)C(=C)C. The van der Waals surface area contributed by atoms with Crippen LogP contribution in [0.25, 0.3) is 21.5 Å². The Labute approximate surface area is 165 Å². The normalized spacial score (nSPS) is 11.9. The van der Waals surface area contributed by atoms with Gasteiger partial charge in [0.2, 0.25) is 0 Å². The minimum atomic E-state index is -0.554. The average Bonchev–Trinajstić information content (AvgIpc) is 2.70. The first-order chi connectivity index (χ1) is 13.6. The monoisotopic (exact) mass is 376 g/mol. The minimum Gasteiger partial charge on any atom is -0.488 e. The van der Waals surface area contributed by atoms with Gasteiger partial charge in [0.15, 0.2) is 6.10 Å². The molecule has 0 saturated heterocycles. The van der Waals surface area contributed by atoms with E-state index < -0.39 is 12.1 Å². The number of carbonyl (C=O) groups excluding carboxylic acids is 1. The summed E-state index contributed by atoms with van der Waals surface area (Å²) in [4.78, 5) is 12.0. The second kappa shape index (κ2) is 9.20. The zero-order valence-electron chi connectivity index (χ0n) is 16.0. The summed E-state index contributed by atoms with van der Waals surface area (Å²) >= 11 is 0. The van der Waals surface area contributed by atoms with E-state index in [1.54, 1.807) is 13.0 Å². The molecule has 0 radical (unpaired) electrons. The highest BCUT2D eigenvalue weighted by Gasteiger charge is 2.18. The summed E-state index contributed by atoms with van der Waals surface area (Å²) in [6.07, 6.45) is 1.10. The first kappa shape index (κ1) is 19.6. The topological polar surface area (TPSA) is 44.8 Å². The van der Waals surface area contributed by atoms with E-state index >= 15 is 0 Å². The van der Waals surface area contributed by atoms with E-state index in [2.05, 4.69) is 31.4 Å². The summed E-state index contributed by atoms with van der Waals surface area (Å²) in [5.41, 5.74) is 0.337. The molecule has 0 aliphatic carbocycles. The van der Waals surface area contributed by atoms with Crippen LogP contribution in [-0.4, -0.2) is 31.9 Å². The van der Waals surface area contributed by atoms with E-state index in [0.29, 0.717) is 12.2 Å². The standard InChI is InChI=1S/C24H24O4/c1-4-13-26-15-20(28-24(25)17(2)3)16-27-23-21-11-7-5-9-18(21)14-19-10-6-8-12-22(19)23/h4-12,14,20H,1-2,13,15-16H2,3H3. The molecule has 0 spiro atoms. The van der Waals surface area contributed by atoms with Crippen molar-refractivity contribution < 1.29 is 19.0 Å². The van der Waals surface area contributed by atoms with Crippen molar-refractivity contribution in [2.75, 3.05) is 19.8 Å². The highest BCUT2D eigenvalue weighted by atomic mass is 16.6. The minimum absolute atomic E-state index is 0.175. The molecule has 28 heavy (non-hydrogen) atoms. The first-order valence-corrected chi connectivity index (χ1v) is 9.18. The van der Waals surface area contributed by atoms with Gasteiger partial charge >= 0.3 is 5.97 Å². The van der Waals surface area contributed by atoms with Crippen LogP contribution in [0.2, 0.25) is 0 Å². The summed E-state index contributed by atoms with van der Waals surface area (Å²) in [5, 5.41) is 4.21. The number of ether oxygens (including phenoxy) is 3. The van der Waals surface area contributed by atoms with E-state index in [0.717, 1.165) is 27.3 Å². The highest BCUT2D eigenvalue weighted by Crippen LogP contribution is 2.34. The van der Waals surface area contributed by atoms with E-state index in [4.69, 9.17) is 14.2 Å². The molecule has 0 aromatic heterocycles. The predicted molar refractivity (Wildman–Crippen MR) is 113 cm³/mol. The zero-order chi connectivity index (χ0) is 19.9. The maximum atomic E-state index is 12.0. The summed E-state index contributed by atoms with van der Waals surface area (Å²) in [6.45, 7) is 9.64. The second-order valence-corrected chi connectivity index (χ2v) is 6.59. The summed E-state index contributed by atoms with van der Waals surface area (Å²) in [7, 11) is 0. The van der Waals surface area contributed by atoms with Crippen LogP contribution >= 0.6 is 0 Å². The number of esters is 1. The molecule has 3 aromatic carbocycles. The molecule has 4 heteroatoms. The number of benzene rings is 3. The maximum absolute atomic E-state index is 12.0. The molecule has 1 unspecified atom stereocenters. The van der Waals surface area contributed by atoms with Crippen LogP contribution in [-0.2, 0) is 14.3 Å². The highest BCUT2D eigenvalue weighted by molar-refractivity contribution is 6.05. The van der Waals surface area contributed by atoms with Gasteiger partial charge in [-0.1, -0.05) is 61.2 Å². The second-order valence-electron chi connectivity index (χ2n) is 6.59. The van der Waals surface area contributed by atoms with Crippen molar-refractivity contribution in [2.45, 2.75) is 13.0 Å². The lowest BCUT2D eigenvalue weighted by Crippen LogP contribution is -2.30. The van der Waals surface area contributed by atoms with Crippen LogP contribution in [0.1, 0.15) is 6.92 Å². The molecule has 0 saturated carbocycles. The molecule has 0 aliphatic heterocycles. The Morgan fingerprint density at radius 1 is 1.04 bits per heavy atom. The van der Waals surface area contributed by atoms with Crippen LogP contribution in [0.3, 0.4) is 0 Å². The van der Waals surface area contributed by atoms with E-state index in [9.17, 15) is 4.79 Å². The van der Waals surface area contributed by atoms with Gasteiger partial charge < -0.3 is 14.2 Å². The third-order valence-corrected chi connectivity index (χ3v) is 4.30. The van der Waals surface area contributed by atoms with Gasteiger partial charge in [-0.05, 0) is 23.8 Å². The fourth-order valence-corrected chi connectivity index (χ4v) is 2.95. The smallest absolute Gasteiger partial charge is 0.333 e. The molecule has 1 atom stereocenters. The van der Waals surface area contributed by atoms with Gasteiger partial charge in [-0.3, -0.25) is 0 Å². The molecule has 3 aromatic rings. The molecule has 3 rings (SSSR count). The third kappa shape index (κ3) is 4.59. The fraction of sp³-hybridized carbons (Fsp3) is 0.208. The van der Waals surface area contributed by atoms with Crippen LogP contribution in [0.5, 0.6) is 5.75 Å². The fourth-order valence-electron chi connectivity index (χ4n) is 2.95. The van der Waals surface area contributed by atoms with Gasteiger partial charge in [0.1, 0.15) is 12.4 Å². The van der Waals surface area contributed by atoms with E-state index in [1.165, 1.54) is 0 Å². The van der Waals surface area contributed by atoms with Gasteiger partial charge in [-0.2, -0.15) is 0 Å². The molecule has 0 fully saturated rings. The Balaban J connectivity index is 1.88. The molecule has 0 N–H and O–H groups in total. The maximum Gasteiger partial charge on any atom is 0.333 e. The molecular formula is C24H24O4. The Hall–Kier alpha value is -3.11. The number of carbonyl (C=O) groups is 1. The molecule has 144 valence electrons. The number of hydrogen-bond donors (Lipinski definition) is 0. The van der Waals surface area contributed by atoms with Crippen molar-refractivity contribution in [3.8, 4) is 5.75 Å². The summed E-state index contributed by atoms with van der Waals surface area (Å²) < 4.78 is 17.2. The van der Waals surface area contributed by atoms with Crippen molar-refractivity contribution in [3.05, 3.63) is 79.4 Å². The number of fused-ring (bicyclic) bond motifs is 2. The van der Waals surface area contributed by atoms with Crippen molar-refractivity contribution in [1.29, 1.82) is 0 Å². The molecule has 0 amide bonds. The Morgan fingerprint density at radius 3 is 2.21 bits per heavy atom. The van der Waals surface area contributed by atoms with Gasteiger partial charge in [0.05, 0.1) is 13.2 Å². The lowest BCUT2D eigenvalue weighted by molar-refractivity contribution is -0.148. The van der Waals surface area contributed by atoms with Gasteiger partial charge in [-0.25, -0.2) is 4.79 Å². The lowest BCUT2D eigenvalue weighted by atomic mass is 10.0. The molecule has 0 bridgehead atoms. The third-order valence-electron chi connectivity index (χ3n) is 4.30. The van der Waals surface area contributed by atoms with Crippen LogP contribution < -0.4 is 4.74 Å². The molecular weight excluding hydrogens is 352 g/mol. The Kier molecular flexibility index (Phi) is 6.45. The lowest BCUT2D eigenvalue weighted by Gasteiger charge is -2.20. The molecule has 0 heterocycles. The van der Waals surface area contributed by atoms with E-state index in [1.807, 2.05) is 36.4 Å². The quantitative estimate of drug-likeness (QED) is 0.172. The van der Waals surface area contributed by atoms with Crippen molar-refractivity contribution >= 4 is 27.5 Å². The van der Waals surface area contributed by atoms with Crippen LogP contribution in [0, 0.1) is 0 Å². The molecule has 0 aliphatic rings. The summed E-state index contributed by atoms with van der Waals surface area (Å²) in [5.74, 6) is 0.312. The van der Waals surface area contributed by atoms with Gasteiger partial charge in [0.25, 0.3) is 0 Å². The van der Waals surface area contributed by atoms with Crippen molar-refractivity contribution in [1.82, 2.24) is 0 Å². The van der Waals surface area contributed by atoms with E-state index in [-0.39, 0.29) is 13.2 Å². The van der Waals surface area contributed by atoms with Gasteiger partial charge in [0, 0.05) is 16.3 Å². The predicted octanol–water partition coefficient (Wildman–Crippen LogP) is 5.06. The average molecular weight is 376 g/mol. The molecule has 4 nitrogen and oxygen atoms in total. The van der Waals surface area contributed by atoms with Crippen molar-refractivity contribution in [2.24, 2.45) is 0 Å². The number of rotatable bonds is 9. The Morgan fingerprint density at radius 2 is 1.64 bits per heavy atom. The largest absolute Gasteiger partial charge is 0.488 e.